The minimum atomic E-state index is -0.528. The number of aromatic amines is 2. The molecule has 21 heavy (non-hydrogen) atoms. The van der Waals surface area contributed by atoms with Gasteiger partial charge in [-0.15, -0.1) is 11.6 Å². The van der Waals surface area contributed by atoms with E-state index < -0.39 is 11.2 Å². The van der Waals surface area contributed by atoms with Crippen LogP contribution in [0.25, 0.3) is 11.0 Å². The van der Waals surface area contributed by atoms with Gasteiger partial charge in [-0.3, -0.25) is 0 Å². The highest BCUT2D eigenvalue weighted by molar-refractivity contribution is 9.10. The van der Waals surface area contributed by atoms with Crippen LogP contribution in [0, 0.1) is 5.82 Å². The Morgan fingerprint density at radius 1 is 1.14 bits per heavy atom. The van der Waals surface area contributed by atoms with Crippen molar-refractivity contribution < 1.29 is 4.39 Å². The Labute approximate surface area is 137 Å². The number of H-pyrrole nitrogens is 2. The van der Waals surface area contributed by atoms with Crippen LogP contribution >= 0.6 is 39.1 Å². The number of aromatic nitrogens is 2. The van der Waals surface area contributed by atoms with Gasteiger partial charge in [0.05, 0.1) is 21.4 Å². The first-order valence-corrected chi connectivity index (χ1v) is 7.57. The average Bonchev–Trinajstić information content (AvgIpc) is 2.79. The minimum absolute atomic E-state index is 0.0189. The van der Waals surface area contributed by atoms with Gasteiger partial charge in [-0.05, 0) is 35.4 Å². The number of imidazole rings is 1. The van der Waals surface area contributed by atoms with E-state index in [0.29, 0.717) is 16.6 Å². The number of rotatable bonds is 2. The number of nitrogens with one attached hydrogen (secondary N) is 2. The van der Waals surface area contributed by atoms with Gasteiger partial charge in [-0.1, -0.05) is 33.6 Å². The van der Waals surface area contributed by atoms with Gasteiger partial charge in [0.15, 0.2) is 0 Å². The van der Waals surface area contributed by atoms with Gasteiger partial charge in [0.2, 0.25) is 0 Å². The van der Waals surface area contributed by atoms with Gasteiger partial charge in [0.25, 0.3) is 0 Å². The summed E-state index contributed by atoms with van der Waals surface area (Å²) in [6.07, 6.45) is 0. The lowest BCUT2D eigenvalue weighted by Crippen LogP contribution is -1.99. The van der Waals surface area contributed by atoms with Crippen molar-refractivity contribution in [3.05, 3.63) is 67.3 Å². The van der Waals surface area contributed by atoms with Crippen LogP contribution in [-0.2, 0) is 0 Å². The molecule has 0 bridgehead atoms. The molecule has 1 unspecified atom stereocenters. The number of alkyl halides is 1. The van der Waals surface area contributed by atoms with Crippen molar-refractivity contribution in [1.82, 2.24) is 9.97 Å². The van der Waals surface area contributed by atoms with Gasteiger partial charge in [0, 0.05) is 4.47 Å². The fourth-order valence-electron chi connectivity index (χ4n) is 2.12. The third-order valence-corrected chi connectivity index (χ3v) is 4.61. The van der Waals surface area contributed by atoms with E-state index in [1.807, 2.05) is 0 Å². The molecule has 0 aliphatic rings. The van der Waals surface area contributed by atoms with Gasteiger partial charge in [-0.2, -0.15) is 0 Å². The van der Waals surface area contributed by atoms with Crippen LogP contribution in [0.1, 0.15) is 16.5 Å². The van der Waals surface area contributed by atoms with Crippen LogP contribution in [0.2, 0.25) is 5.02 Å². The van der Waals surface area contributed by atoms with Crippen LogP contribution in [0.4, 0.5) is 4.39 Å². The summed E-state index contributed by atoms with van der Waals surface area (Å²) in [5.74, 6) is -0.492. The molecule has 7 heteroatoms. The zero-order chi connectivity index (χ0) is 15.1. The number of hydrogen-bond donors (Lipinski definition) is 2. The Hall–Kier alpha value is -1.30. The van der Waals surface area contributed by atoms with Gasteiger partial charge in [0.1, 0.15) is 5.82 Å². The highest BCUT2D eigenvalue weighted by atomic mass is 79.9. The average molecular weight is 390 g/mol. The van der Waals surface area contributed by atoms with Crippen molar-refractivity contribution >= 4 is 50.2 Å². The second kappa shape index (κ2) is 5.48. The normalized spacial score (nSPS) is 12.8. The highest BCUT2D eigenvalue weighted by Crippen LogP contribution is 2.36. The third kappa shape index (κ3) is 2.73. The maximum atomic E-state index is 13.2. The second-order valence-electron chi connectivity index (χ2n) is 4.53. The van der Waals surface area contributed by atoms with Crippen molar-refractivity contribution in [3.8, 4) is 0 Å². The quantitative estimate of drug-likeness (QED) is 0.611. The largest absolute Gasteiger partial charge is 0.323 e. The zero-order valence-corrected chi connectivity index (χ0v) is 13.5. The van der Waals surface area contributed by atoms with Crippen molar-refractivity contribution in [3.63, 3.8) is 0 Å². The van der Waals surface area contributed by atoms with Crippen LogP contribution in [-0.4, -0.2) is 9.97 Å². The SMILES string of the molecule is O=c1[nH]c2cc(Br)c(C(Cl)c3ccc(F)c(Cl)c3)cc2[nH]1. The summed E-state index contributed by atoms with van der Waals surface area (Å²) in [7, 11) is 0. The van der Waals surface area contributed by atoms with Crippen molar-refractivity contribution in [2.45, 2.75) is 5.38 Å². The van der Waals surface area contributed by atoms with E-state index in [9.17, 15) is 9.18 Å². The van der Waals surface area contributed by atoms with Gasteiger partial charge < -0.3 is 9.97 Å². The van der Waals surface area contributed by atoms with Crippen molar-refractivity contribution in [2.75, 3.05) is 0 Å². The maximum Gasteiger partial charge on any atom is 0.323 e. The number of hydrogen-bond acceptors (Lipinski definition) is 1. The molecule has 0 radical (unpaired) electrons. The van der Waals surface area contributed by atoms with Crippen molar-refractivity contribution in [1.29, 1.82) is 0 Å². The van der Waals surface area contributed by atoms with Crippen LogP contribution in [0.3, 0.4) is 0 Å². The lowest BCUT2D eigenvalue weighted by atomic mass is 10.0. The first-order chi connectivity index (χ1) is 9.95. The Morgan fingerprint density at radius 2 is 1.81 bits per heavy atom. The summed E-state index contributed by atoms with van der Waals surface area (Å²) in [6.45, 7) is 0. The summed E-state index contributed by atoms with van der Waals surface area (Å²) in [5, 5.41) is -0.509. The molecular formula is C14H8BrCl2FN2O. The summed E-state index contributed by atoms with van der Waals surface area (Å²) in [4.78, 5) is 16.7. The Morgan fingerprint density at radius 3 is 2.48 bits per heavy atom. The predicted molar refractivity (Wildman–Crippen MR) is 85.7 cm³/mol. The van der Waals surface area contributed by atoms with E-state index in [1.165, 1.54) is 12.1 Å². The molecule has 0 fully saturated rings. The Balaban J connectivity index is 2.11. The fraction of sp³-hybridized carbons (Fsp3) is 0.0714. The molecule has 0 aliphatic carbocycles. The Kier molecular flexibility index (Phi) is 3.82. The van der Waals surface area contributed by atoms with E-state index >= 15 is 0 Å². The topological polar surface area (TPSA) is 48.6 Å². The van der Waals surface area contributed by atoms with Gasteiger partial charge in [-0.25, -0.2) is 9.18 Å². The number of benzene rings is 2. The monoisotopic (exact) mass is 388 g/mol. The summed E-state index contributed by atoms with van der Waals surface area (Å²) < 4.78 is 14.0. The smallest absolute Gasteiger partial charge is 0.306 e. The molecular weight excluding hydrogens is 382 g/mol. The number of fused-ring (bicyclic) bond motifs is 1. The maximum absolute atomic E-state index is 13.2. The summed E-state index contributed by atoms with van der Waals surface area (Å²) in [6, 6.07) is 7.88. The molecule has 108 valence electrons. The summed E-state index contributed by atoms with van der Waals surface area (Å²) in [5.41, 5.74) is 2.46. The standard InChI is InChI=1S/C14H8BrCl2FN2O/c15-8-5-12-11(19-14(21)20-12)4-7(8)13(17)6-1-2-10(18)9(16)3-6/h1-5,13H,(H2,19,20,21). The molecule has 3 rings (SSSR count). The molecule has 3 aromatic rings. The highest BCUT2D eigenvalue weighted by Gasteiger charge is 2.17. The molecule has 2 aromatic carbocycles. The van der Waals surface area contributed by atoms with Gasteiger partial charge >= 0.3 is 5.69 Å². The molecule has 0 amide bonds. The molecule has 1 aromatic heterocycles. The first-order valence-electron chi connectivity index (χ1n) is 5.96. The summed E-state index contributed by atoms with van der Waals surface area (Å²) >= 11 is 15.7. The van der Waals surface area contributed by atoms with Crippen molar-refractivity contribution in [2.24, 2.45) is 0 Å². The van der Waals surface area contributed by atoms with E-state index in [4.69, 9.17) is 23.2 Å². The fourth-order valence-corrected chi connectivity index (χ4v) is 3.33. The number of halogens is 4. The van der Waals surface area contributed by atoms with Crippen LogP contribution < -0.4 is 5.69 Å². The molecule has 1 atom stereocenters. The minimum Gasteiger partial charge on any atom is -0.306 e. The molecule has 0 saturated carbocycles. The third-order valence-electron chi connectivity index (χ3n) is 3.14. The molecule has 0 saturated heterocycles. The van der Waals surface area contributed by atoms with E-state index in [-0.39, 0.29) is 10.7 Å². The molecule has 1 heterocycles. The zero-order valence-electron chi connectivity index (χ0n) is 10.4. The lowest BCUT2D eigenvalue weighted by Gasteiger charge is -2.13. The molecule has 3 nitrogen and oxygen atoms in total. The van der Waals surface area contributed by atoms with E-state index in [0.717, 1.165) is 10.0 Å². The van der Waals surface area contributed by atoms with E-state index in [1.54, 1.807) is 18.2 Å². The van der Waals surface area contributed by atoms with E-state index in [2.05, 4.69) is 25.9 Å². The molecule has 0 aliphatic heterocycles. The first kappa shape index (κ1) is 14.6. The molecule has 2 N–H and O–H groups in total. The second-order valence-corrected chi connectivity index (χ2v) is 6.23. The van der Waals surface area contributed by atoms with Crippen LogP contribution in [0.5, 0.6) is 0 Å². The predicted octanol–water partition coefficient (Wildman–Crippen LogP) is 4.74. The molecule has 0 spiro atoms. The van der Waals surface area contributed by atoms with Crippen LogP contribution in [0.15, 0.2) is 39.6 Å². The lowest BCUT2D eigenvalue weighted by molar-refractivity contribution is 0.627. The Bertz CT molecular complexity index is 890.